The van der Waals surface area contributed by atoms with Crippen molar-refractivity contribution >= 4 is 17.6 Å². The van der Waals surface area contributed by atoms with Crippen molar-refractivity contribution in [1.82, 2.24) is 9.78 Å². The van der Waals surface area contributed by atoms with E-state index in [-0.39, 0.29) is 18.8 Å². The average Bonchev–Trinajstić information content (AvgIpc) is 2.75. The molecular weight excluding hydrogens is 256 g/mol. The third kappa shape index (κ3) is 2.52. The number of carbonyl (C=O) groups is 1. The molecule has 1 aromatic heterocycles. The number of benzene rings is 1. The molecule has 1 heterocycles. The summed E-state index contributed by atoms with van der Waals surface area (Å²) in [6, 6.07) is 8.42. The molecule has 1 aromatic carbocycles. The first-order valence-electron chi connectivity index (χ1n) is 5.30. The van der Waals surface area contributed by atoms with Gasteiger partial charge in [-0.25, -0.2) is 4.79 Å². The second-order valence-corrected chi connectivity index (χ2v) is 4.11. The topological polar surface area (TPSA) is 75.3 Å². The van der Waals surface area contributed by atoms with Crippen LogP contribution >= 0.6 is 11.6 Å². The number of aliphatic hydroxyl groups is 1. The van der Waals surface area contributed by atoms with Crippen molar-refractivity contribution in [2.45, 2.75) is 6.54 Å². The second kappa shape index (κ2) is 5.20. The van der Waals surface area contributed by atoms with Crippen LogP contribution in [0.1, 0.15) is 10.5 Å². The fourth-order valence-corrected chi connectivity index (χ4v) is 1.74. The first-order valence-corrected chi connectivity index (χ1v) is 5.67. The van der Waals surface area contributed by atoms with E-state index in [1.807, 2.05) is 0 Å². The van der Waals surface area contributed by atoms with Gasteiger partial charge in [-0.1, -0.05) is 23.7 Å². The SMILES string of the molecule is O=C(O)c1cc(-c2ccc(Cl)cc2)nn1CCO. The molecule has 0 aliphatic carbocycles. The third-order valence-corrected chi connectivity index (χ3v) is 2.70. The predicted molar refractivity (Wildman–Crippen MR) is 66.7 cm³/mol. The monoisotopic (exact) mass is 266 g/mol. The number of carboxylic acid groups (broad SMARTS) is 1. The van der Waals surface area contributed by atoms with Crippen molar-refractivity contribution < 1.29 is 15.0 Å². The molecule has 0 saturated heterocycles. The molecule has 0 fully saturated rings. The number of aromatic nitrogens is 2. The zero-order valence-corrected chi connectivity index (χ0v) is 10.1. The van der Waals surface area contributed by atoms with Crippen molar-refractivity contribution in [3.05, 3.63) is 41.0 Å². The summed E-state index contributed by atoms with van der Waals surface area (Å²) < 4.78 is 1.27. The van der Waals surface area contributed by atoms with Crippen LogP contribution < -0.4 is 0 Å². The molecule has 6 heteroatoms. The Morgan fingerprint density at radius 3 is 2.56 bits per heavy atom. The van der Waals surface area contributed by atoms with Crippen molar-refractivity contribution in [3.63, 3.8) is 0 Å². The van der Waals surface area contributed by atoms with Crippen LogP contribution in [0.4, 0.5) is 0 Å². The summed E-state index contributed by atoms with van der Waals surface area (Å²) in [7, 11) is 0. The maximum atomic E-state index is 11.0. The number of aliphatic hydroxyl groups excluding tert-OH is 1. The molecule has 0 aliphatic rings. The van der Waals surface area contributed by atoms with Crippen molar-refractivity contribution in [3.8, 4) is 11.3 Å². The van der Waals surface area contributed by atoms with Crippen LogP contribution in [-0.2, 0) is 6.54 Å². The average molecular weight is 267 g/mol. The van der Waals surface area contributed by atoms with Gasteiger partial charge < -0.3 is 10.2 Å². The van der Waals surface area contributed by atoms with Crippen LogP contribution in [0.25, 0.3) is 11.3 Å². The summed E-state index contributed by atoms with van der Waals surface area (Å²) in [5.74, 6) is -1.07. The Balaban J connectivity index is 2.42. The van der Waals surface area contributed by atoms with Gasteiger partial charge >= 0.3 is 5.97 Å². The lowest BCUT2D eigenvalue weighted by Gasteiger charge is -2.00. The Labute approximate surface area is 108 Å². The van der Waals surface area contributed by atoms with E-state index in [1.54, 1.807) is 24.3 Å². The van der Waals surface area contributed by atoms with Crippen LogP contribution in [-0.4, -0.2) is 32.6 Å². The fraction of sp³-hybridized carbons (Fsp3) is 0.167. The summed E-state index contributed by atoms with van der Waals surface area (Å²) in [4.78, 5) is 11.0. The molecule has 0 radical (unpaired) electrons. The predicted octanol–water partition coefficient (Wildman–Crippen LogP) is 1.89. The van der Waals surface area contributed by atoms with Gasteiger partial charge in [0.25, 0.3) is 0 Å². The molecule has 0 atom stereocenters. The number of hydrogen-bond acceptors (Lipinski definition) is 3. The highest BCUT2D eigenvalue weighted by Crippen LogP contribution is 2.21. The first kappa shape index (κ1) is 12.6. The highest BCUT2D eigenvalue weighted by molar-refractivity contribution is 6.30. The molecule has 94 valence electrons. The molecular formula is C12H11ClN2O3. The van der Waals surface area contributed by atoms with Gasteiger partial charge in [0.15, 0.2) is 0 Å². The summed E-state index contributed by atoms with van der Waals surface area (Å²) in [5, 5.41) is 22.7. The molecule has 18 heavy (non-hydrogen) atoms. The zero-order valence-electron chi connectivity index (χ0n) is 9.38. The van der Waals surface area contributed by atoms with Crippen LogP contribution in [0.3, 0.4) is 0 Å². The Hall–Kier alpha value is -1.85. The number of halogens is 1. The Bertz CT molecular complexity index is 563. The molecule has 2 N–H and O–H groups in total. The largest absolute Gasteiger partial charge is 0.477 e. The van der Waals surface area contributed by atoms with E-state index in [1.165, 1.54) is 10.7 Å². The standard InChI is InChI=1S/C12H11ClN2O3/c13-9-3-1-8(2-4-9)10-7-11(12(17)18)15(14-10)5-6-16/h1-4,7,16H,5-6H2,(H,17,18). The number of aromatic carboxylic acids is 1. The van der Waals surface area contributed by atoms with Crippen molar-refractivity contribution in [1.29, 1.82) is 0 Å². The van der Waals surface area contributed by atoms with Gasteiger partial charge in [0, 0.05) is 10.6 Å². The minimum atomic E-state index is -1.07. The fourth-order valence-electron chi connectivity index (χ4n) is 1.62. The second-order valence-electron chi connectivity index (χ2n) is 3.67. The van der Waals surface area contributed by atoms with Crippen LogP contribution in [0.5, 0.6) is 0 Å². The van der Waals surface area contributed by atoms with E-state index in [4.69, 9.17) is 21.8 Å². The van der Waals surface area contributed by atoms with Crippen molar-refractivity contribution in [2.24, 2.45) is 0 Å². The Kier molecular flexibility index (Phi) is 3.64. The van der Waals surface area contributed by atoms with Gasteiger partial charge in [-0.05, 0) is 18.2 Å². The molecule has 2 aromatic rings. The van der Waals surface area contributed by atoms with E-state index in [0.717, 1.165) is 5.56 Å². The van der Waals surface area contributed by atoms with Gasteiger partial charge in [0.05, 0.1) is 18.8 Å². The third-order valence-electron chi connectivity index (χ3n) is 2.45. The smallest absolute Gasteiger partial charge is 0.354 e. The van der Waals surface area contributed by atoms with E-state index in [9.17, 15) is 4.79 Å². The number of carboxylic acids is 1. The van der Waals surface area contributed by atoms with Gasteiger partial charge in [0.1, 0.15) is 5.69 Å². The summed E-state index contributed by atoms with van der Waals surface area (Å²) in [6.45, 7) is -0.0166. The lowest BCUT2D eigenvalue weighted by atomic mass is 10.1. The summed E-state index contributed by atoms with van der Waals surface area (Å²) >= 11 is 5.78. The van der Waals surface area contributed by atoms with Gasteiger partial charge in [0.2, 0.25) is 0 Å². The highest BCUT2D eigenvalue weighted by atomic mass is 35.5. The molecule has 2 rings (SSSR count). The summed E-state index contributed by atoms with van der Waals surface area (Å²) in [5.41, 5.74) is 1.37. The highest BCUT2D eigenvalue weighted by Gasteiger charge is 2.14. The minimum absolute atomic E-state index is 0.0500. The normalized spacial score (nSPS) is 10.6. The van der Waals surface area contributed by atoms with Gasteiger partial charge in [-0.3, -0.25) is 4.68 Å². The molecule has 5 nitrogen and oxygen atoms in total. The van der Waals surface area contributed by atoms with Gasteiger partial charge in [-0.2, -0.15) is 5.10 Å². The van der Waals surface area contributed by atoms with E-state index < -0.39 is 5.97 Å². The molecule has 0 saturated carbocycles. The maximum Gasteiger partial charge on any atom is 0.354 e. The first-order chi connectivity index (χ1) is 8.61. The number of nitrogens with zero attached hydrogens (tertiary/aromatic N) is 2. The summed E-state index contributed by atoms with van der Waals surface area (Å²) in [6.07, 6.45) is 0. The molecule has 0 unspecified atom stereocenters. The van der Waals surface area contributed by atoms with E-state index in [2.05, 4.69) is 5.10 Å². The minimum Gasteiger partial charge on any atom is -0.477 e. The van der Waals surface area contributed by atoms with Crippen LogP contribution in [0.2, 0.25) is 5.02 Å². The Morgan fingerprint density at radius 1 is 1.33 bits per heavy atom. The van der Waals surface area contributed by atoms with Crippen molar-refractivity contribution in [2.75, 3.05) is 6.61 Å². The Morgan fingerprint density at radius 2 is 2.00 bits per heavy atom. The number of hydrogen-bond donors (Lipinski definition) is 2. The lowest BCUT2D eigenvalue weighted by molar-refractivity contribution is 0.0681. The zero-order chi connectivity index (χ0) is 13.1. The molecule has 0 bridgehead atoms. The van der Waals surface area contributed by atoms with E-state index >= 15 is 0 Å². The van der Waals surface area contributed by atoms with E-state index in [0.29, 0.717) is 10.7 Å². The quantitative estimate of drug-likeness (QED) is 0.886. The van der Waals surface area contributed by atoms with Crippen LogP contribution in [0.15, 0.2) is 30.3 Å². The maximum absolute atomic E-state index is 11.0. The van der Waals surface area contributed by atoms with Crippen LogP contribution in [0, 0.1) is 0 Å². The lowest BCUT2D eigenvalue weighted by Crippen LogP contribution is -2.12. The van der Waals surface area contributed by atoms with Gasteiger partial charge in [-0.15, -0.1) is 0 Å². The number of rotatable bonds is 4. The molecule has 0 amide bonds. The molecule has 0 spiro atoms. The molecule has 0 aliphatic heterocycles.